The Morgan fingerprint density at radius 3 is 2.72 bits per heavy atom. The number of ether oxygens (including phenoxy) is 1. The summed E-state index contributed by atoms with van der Waals surface area (Å²) in [5.74, 6) is 0.355. The lowest BCUT2D eigenvalue weighted by Crippen LogP contribution is -2.28. The number of pyridine rings is 1. The summed E-state index contributed by atoms with van der Waals surface area (Å²) < 4.78 is 18.5. The molecule has 0 unspecified atom stereocenters. The second-order valence-electron chi connectivity index (χ2n) is 5.15. The summed E-state index contributed by atoms with van der Waals surface area (Å²) in [7, 11) is 0. The molecule has 0 aliphatic carbocycles. The lowest BCUT2D eigenvalue weighted by molar-refractivity contribution is 0.252. The van der Waals surface area contributed by atoms with Gasteiger partial charge >= 0.3 is 6.03 Å². The van der Waals surface area contributed by atoms with E-state index < -0.39 is 0 Å². The van der Waals surface area contributed by atoms with Gasteiger partial charge in [-0.15, -0.1) is 0 Å². The van der Waals surface area contributed by atoms with Crippen molar-refractivity contribution in [3.8, 4) is 5.88 Å². The van der Waals surface area contributed by atoms with Crippen molar-refractivity contribution >= 4 is 23.0 Å². The van der Waals surface area contributed by atoms with Gasteiger partial charge in [-0.2, -0.15) is 4.98 Å². The van der Waals surface area contributed by atoms with Gasteiger partial charge in [-0.05, 0) is 36.8 Å². The van der Waals surface area contributed by atoms with Gasteiger partial charge in [-0.1, -0.05) is 12.1 Å². The maximum absolute atomic E-state index is 12.9. The summed E-state index contributed by atoms with van der Waals surface area (Å²) in [5.41, 5.74) is 1.74. The summed E-state index contributed by atoms with van der Waals surface area (Å²) in [6, 6.07) is 9.02. The van der Waals surface area contributed by atoms with Crippen molar-refractivity contribution in [3.05, 3.63) is 54.0 Å². The van der Waals surface area contributed by atoms with E-state index in [1.165, 1.54) is 18.3 Å². The van der Waals surface area contributed by atoms with Gasteiger partial charge in [0.15, 0.2) is 5.65 Å². The topological polar surface area (TPSA) is 89.0 Å². The Bertz CT molecular complexity index is 886. The molecule has 0 fully saturated rings. The summed E-state index contributed by atoms with van der Waals surface area (Å²) in [4.78, 5) is 24.3. The van der Waals surface area contributed by atoms with E-state index in [4.69, 9.17) is 4.74 Å². The third-order valence-electron chi connectivity index (χ3n) is 3.26. The zero-order valence-electron chi connectivity index (χ0n) is 13.5. The van der Waals surface area contributed by atoms with Crippen LogP contribution in [0.1, 0.15) is 12.5 Å². The van der Waals surface area contributed by atoms with Crippen LogP contribution >= 0.6 is 0 Å². The molecule has 1 aromatic carbocycles. The number of amides is 2. The van der Waals surface area contributed by atoms with Crippen LogP contribution in [0.15, 0.2) is 42.6 Å². The number of benzene rings is 1. The van der Waals surface area contributed by atoms with Crippen molar-refractivity contribution in [2.24, 2.45) is 0 Å². The number of rotatable bonds is 5. The number of nitrogens with zero attached hydrogens (tertiary/aromatic N) is 3. The second kappa shape index (κ2) is 7.52. The zero-order chi connectivity index (χ0) is 17.6. The van der Waals surface area contributed by atoms with Gasteiger partial charge in [0.1, 0.15) is 23.8 Å². The van der Waals surface area contributed by atoms with Crippen molar-refractivity contribution in [2.75, 3.05) is 11.9 Å². The fourth-order valence-electron chi connectivity index (χ4n) is 2.08. The molecule has 2 amide bonds. The molecule has 0 bridgehead atoms. The normalized spacial score (nSPS) is 10.5. The first-order valence-corrected chi connectivity index (χ1v) is 7.70. The van der Waals surface area contributed by atoms with Gasteiger partial charge in [0, 0.05) is 6.54 Å². The quantitative estimate of drug-likeness (QED) is 0.745. The Balaban J connectivity index is 1.73. The Kier molecular flexibility index (Phi) is 4.98. The summed E-state index contributed by atoms with van der Waals surface area (Å²) in [5, 5.41) is 5.23. The Morgan fingerprint density at radius 2 is 1.96 bits per heavy atom. The lowest BCUT2D eigenvalue weighted by Gasteiger charge is -2.07. The van der Waals surface area contributed by atoms with Gasteiger partial charge < -0.3 is 10.1 Å². The van der Waals surface area contributed by atoms with Gasteiger partial charge in [-0.3, -0.25) is 5.32 Å². The van der Waals surface area contributed by atoms with Crippen molar-refractivity contribution in [1.29, 1.82) is 0 Å². The molecule has 0 saturated heterocycles. The minimum atomic E-state index is -0.342. The molecule has 8 heteroatoms. The van der Waals surface area contributed by atoms with Crippen LogP contribution in [0.3, 0.4) is 0 Å². The average Bonchev–Trinajstić information content (AvgIpc) is 2.61. The Labute approximate surface area is 143 Å². The fraction of sp³-hybridized carbons (Fsp3) is 0.176. The molecule has 0 aliphatic heterocycles. The fourth-order valence-corrected chi connectivity index (χ4v) is 2.08. The highest BCUT2D eigenvalue weighted by molar-refractivity contribution is 5.89. The summed E-state index contributed by atoms with van der Waals surface area (Å²) in [6.07, 6.45) is 1.49. The number of carbonyl (C=O) groups excluding carboxylic acids is 1. The predicted molar refractivity (Wildman–Crippen MR) is 90.8 cm³/mol. The minimum absolute atomic E-state index is 0.233. The van der Waals surface area contributed by atoms with Crippen LogP contribution in [0.4, 0.5) is 15.0 Å². The smallest absolute Gasteiger partial charge is 0.320 e. The summed E-state index contributed by atoms with van der Waals surface area (Å²) >= 11 is 0. The first-order valence-electron chi connectivity index (χ1n) is 7.70. The number of carbonyl (C=O) groups is 1. The molecule has 2 aromatic heterocycles. The molecule has 2 N–H and O–H groups in total. The Morgan fingerprint density at radius 1 is 1.16 bits per heavy atom. The van der Waals surface area contributed by atoms with Gasteiger partial charge in [0.05, 0.1) is 6.20 Å². The van der Waals surface area contributed by atoms with Crippen LogP contribution < -0.4 is 15.4 Å². The lowest BCUT2D eigenvalue weighted by atomic mass is 10.2. The van der Waals surface area contributed by atoms with Gasteiger partial charge in [0.25, 0.3) is 0 Å². The molecular formula is C17H16FN5O2. The molecule has 0 radical (unpaired) electrons. The number of halogens is 1. The monoisotopic (exact) mass is 341 g/mol. The van der Waals surface area contributed by atoms with Crippen molar-refractivity contribution in [3.63, 3.8) is 0 Å². The van der Waals surface area contributed by atoms with Gasteiger partial charge in [0.2, 0.25) is 5.88 Å². The Hall–Kier alpha value is -3.29. The van der Waals surface area contributed by atoms with Crippen LogP contribution in [0.25, 0.3) is 11.2 Å². The summed E-state index contributed by atoms with van der Waals surface area (Å²) in [6.45, 7) is 2.57. The number of anilines is 1. The minimum Gasteiger partial charge on any atom is -0.472 e. The van der Waals surface area contributed by atoms with Crippen LogP contribution in [0, 0.1) is 5.82 Å². The molecule has 128 valence electrons. The molecule has 0 spiro atoms. The van der Waals surface area contributed by atoms with Crippen molar-refractivity contribution in [2.45, 2.75) is 13.5 Å². The first-order chi connectivity index (χ1) is 12.1. The molecule has 25 heavy (non-hydrogen) atoms. The van der Waals surface area contributed by atoms with E-state index in [2.05, 4.69) is 25.6 Å². The molecule has 0 atom stereocenters. The molecule has 2 heterocycles. The first kappa shape index (κ1) is 16.6. The van der Waals surface area contributed by atoms with E-state index in [0.717, 1.165) is 5.56 Å². The number of hydrogen-bond acceptors (Lipinski definition) is 5. The number of fused-ring (bicyclic) bond motifs is 1. The number of nitrogens with one attached hydrogen (secondary N) is 2. The van der Waals surface area contributed by atoms with Crippen molar-refractivity contribution in [1.82, 2.24) is 20.3 Å². The third kappa shape index (κ3) is 4.37. The largest absolute Gasteiger partial charge is 0.472 e. The van der Waals surface area contributed by atoms with E-state index in [-0.39, 0.29) is 18.5 Å². The maximum atomic E-state index is 12.9. The maximum Gasteiger partial charge on any atom is 0.320 e. The molecule has 3 rings (SSSR count). The molecule has 0 saturated carbocycles. The number of hydrogen-bond donors (Lipinski definition) is 2. The van der Waals surface area contributed by atoms with E-state index in [9.17, 15) is 9.18 Å². The van der Waals surface area contributed by atoms with E-state index in [0.29, 0.717) is 29.4 Å². The van der Waals surface area contributed by atoms with Gasteiger partial charge in [-0.25, -0.2) is 19.2 Å². The molecule has 3 aromatic rings. The van der Waals surface area contributed by atoms with E-state index in [1.807, 2.05) is 6.92 Å². The predicted octanol–water partition coefficient (Wildman–Crippen LogP) is 2.88. The SMILES string of the molecule is CCNC(=O)Nc1ccc2ncc(OCc3ccc(F)cc3)nc2n1. The standard InChI is InChI=1S/C17H16FN5O2/c1-2-19-17(24)22-14-8-7-13-16(21-14)23-15(9-20-13)25-10-11-3-5-12(18)6-4-11/h3-9H,2,10H2,1H3,(H2,19,21,22,23,24). The number of aromatic nitrogens is 3. The van der Waals surface area contributed by atoms with Crippen LogP contribution in [-0.4, -0.2) is 27.5 Å². The zero-order valence-corrected chi connectivity index (χ0v) is 13.5. The highest BCUT2D eigenvalue weighted by atomic mass is 19.1. The number of urea groups is 1. The van der Waals surface area contributed by atoms with Crippen LogP contribution in [-0.2, 0) is 6.61 Å². The highest BCUT2D eigenvalue weighted by Crippen LogP contribution is 2.16. The van der Waals surface area contributed by atoms with Crippen LogP contribution in [0.2, 0.25) is 0 Å². The average molecular weight is 341 g/mol. The van der Waals surface area contributed by atoms with E-state index >= 15 is 0 Å². The second-order valence-corrected chi connectivity index (χ2v) is 5.15. The molecular weight excluding hydrogens is 325 g/mol. The van der Waals surface area contributed by atoms with Crippen molar-refractivity contribution < 1.29 is 13.9 Å². The highest BCUT2D eigenvalue weighted by Gasteiger charge is 2.06. The van der Waals surface area contributed by atoms with Crippen LogP contribution in [0.5, 0.6) is 5.88 Å². The third-order valence-corrected chi connectivity index (χ3v) is 3.26. The van der Waals surface area contributed by atoms with E-state index in [1.54, 1.807) is 24.3 Å². The molecule has 7 nitrogen and oxygen atoms in total. The molecule has 0 aliphatic rings.